The minimum Gasteiger partial charge on any atom is -0.395 e. The van der Waals surface area contributed by atoms with Crippen molar-refractivity contribution in [2.75, 3.05) is 31.6 Å². The zero-order chi connectivity index (χ0) is 16.5. The van der Waals surface area contributed by atoms with Gasteiger partial charge in [0.25, 0.3) is 0 Å². The number of carbonyl (C=O) groups excluding carboxylic acids is 1. The molecule has 1 aliphatic heterocycles. The van der Waals surface area contributed by atoms with Crippen LogP contribution in [0.15, 0.2) is 24.3 Å². The number of nitrogens with one attached hydrogen (secondary N) is 2. The molecular formula is C17H24N4O2. The third-order valence-corrected chi connectivity index (χ3v) is 4.14. The highest BCUT2D eigenvalue weighted by Gasteiger charge is 2.22. The van der Waals surface area contributed by atoms with E-state index in [9.17, 15) is 9.90 Å². The number of urea groups is 1. The zero-order valence-electron chi connectivity index (χ0n) is 13.3. The topological polar surface area (TPSA) is 88.4 Å². The maximum atomic E-state index is 11.8. The number of hydrogen-bond acceptors (Lipinski definition) is 4. The van der Waals surface area contributed by atoms with Crippen LogP contribution in [0.1, 0.15) is 31.2 Å². The fourth-order valence-electron chi connectivity index (χ4n) is 2.84. The average Bonchev–Trinajstić information content (AvgIpc) is 3.02. The van der Waals surface area contributed by atoms with Crippen LogP contribution in [0.5, 0.6) is 0 Å². The molecule has 1 aromatic rings. The van der Waals surface area contributed by atoms with Gasteiger partial charge in [-0.2, -0.15) is 5.26 Å². The van der Waals surface area contributed by atoms with Crippen LogP contribution in [0.4, 0.5) is 10.5 Å². The first kappa shape index (κ1) is 17.3. The first-order valence-electron chi connectivity index (χ1n) is 8.13. The van der Waals surface area contributed by atoms with E-state index < -0.39 is 0 Å². The van der Waals surface area contributed by atoms with Crippen LogP contribution in [-0.2, 0) is 0 Å². The van der Waals surface area contributed by atoms with Gasteiger partial charge in [-0.3, -0.25) is 4.90 Å². The molecular weight excluding hydrogens is 292 g/mol. The summed E-state index contributed by atoms with van der Waals surface area (Å²) in [4.78, 5) is 14.1. The molecule has 6 nitrogen and oxygen atoms in total. The molecule has 0 spiro atoms. The summed E-state index contributed by atoms with van der Waals surface area (Å²) < 4.78 is 0. The molecule has 6 heteroatoms. The van der Waals surface area contributed by atoms with E-state index in [0.29, 0.717) is 23.8 Å². The van der Waals surface area contributed by atoms with Gasteiger partial charge in [0.2, 0.25) is 0 Å². The number of amides is 2. The van der Waals surface area contributed by atoms with Gasteiger partial charge in [-0.25, -0.2) is 4.79 Å². The normalized spacial score (nSPS) is 17.7. The summed E-state index contributed by atoms with van der Waals surface area (Å²) in [5.74, 6) is 0. The maximum Gasteiger partial charge on any atom is 0.319 e. The number of likely N-dealkylation sites (tertiary alicyclic amines) is 1. The Labute approximate surface area is 137 Å². The fourth-order valence-corrected chi connectivity index (χ4v) is 2.84. The van der Waals surface area contributed by atoms with Gasteiger partial charge < -0.3 is 15.7 Å². The number of nitriles is 1. The molecule has 1 unspecified atom stereocenters. The second-order valence-electron chi connectivity index (χ2n) is 5.79. The highest BCUT2D eigenvalue weighted by molar-refractivity contribution is 5.89. The highest BCUT2D eigenvalue weighted by atomic mass is 16.3. The molecule has 23 heavy (non-hydrogen) atoms. The standard InChI is InChI=1S/C17H24N4O2/c18-12-14-5-7-15(8-6-14)20-17(23)19-9-1-2-10-21-11-3-4-16(21)13-22/h5-8,16,22H,1-4,9-11,13H2,(H2,19,20,23). The van der Waals surface area contributed by atoms with E-state index in [1.807, 2.05) is 6.07 Å². The van der Waals surface area contributed by atoms with Gasteiger partial charge >= 0.3 is 6.03 Å². The molecule has 0 saturated carbocycles. The lowest BCUT2D eigenvalue weighted by atomic mass is 10.2. The van der Waals surface area contributed by atoms with Gasteiger partial charge in [0.05, 0.1) is 18.2 Å². The lowest BCUT2D eigenvalue weighted by molar-refractivity contribution is 0.157. The number of rotatable bonds is 7. The number of unbranched alkanes of at least 4 members (excludes halogenated alkanes) is 1. The Bertz CT molecular complexity index is 539. The first-order chi connectivity index (χ1) is 11.2. The summed E-state index contributed by atoms with van der Waals surface area (Å²) in [6.45, 7) is 2.91. The van der Waals surface area contributed by atoms with E-state index in [1.54, 1.807) is 24.3 Å². The summed E-state index contributed by atoms with van der Waals surface area (Å²) in [7, 11) is 0. The molecule has 1 aliphatic rings. The van der Waals surface area contributed by atoms with Crippen LogP contribution in [0, 0.1) is 11.3 Å². The Kier molecular flexibility index (Phi) is 6.85. The van der Waals surface area contributed by atoms with Gasteiger partial charge in [-0.1, -0.05) is 0 Å². The van der Waals surface area contributed by atoms with Gasteiger partial charge in [0, 0.05) is 18.3 Å². The summed E-state index contributed by atoms with van der Waals surface area (Å²) >= 11 is 0. The van der Waals surface area contributed by atoms with Gasteiger partial charge in [-0.05, 0) is 63.0 Å². The number of aliphatic hydroxyl groups is 1. The van der Waals surface area contributed by atoms with Crippen molar-refractivity contribution in [3.63, 3.8) is 0 Å². The molecule has 3 N–H and O–H groups in total. The summed E-state index contributed by atoms with van der Waals surface area (Å²) in [5.41, 5.74) is 1.24. The van der Waals surface area contributed by atoms with Gasteiger partial charge in [0.15, 0.2) is 0 Å². The van der Waals surface area contributed by atoms with Crippen molar-refractivity contribution in [2.45, 2.75) is 31.7 Å². The molecule has 1 atom stereocenters. The summed E-state index contributed by atoms with van der Waals surface area (Å²) in [6.07, 6.45) is 4.17. The van der Waals surface area contributed by atoms with Crippen LogP contribution >= 0.6 is 0 Å². The van der Waals surface area contributed by atoms with E-state index in [0.717, 1.165) is 38.8 Å². The van der Waals surface area contributed by atoms with Crippen molar-refractivity contribution in [1.29, 1.82) is 5.26 Å². The summed E-state index contributed by atoms with van der Waals surface area (Å²) in [6, 6.07) is 8.89. The average molecular weight is 316 g/mol. The third kappa shape index (κ3) is 5.55. The number of anilines is 1. The van der Waals surface area contributed by atoms with Crippen LogP contribution in [-0.4, -0.2) is 48.3 Å². The second kappa shape index (κ2) is 9.13. The largest absolute Gasteiger partial charge is 0.395 e. The smallest absolute Gasteiger partial charge is 0.319 e. The third-order valence-electron chi connectivity index (χ3n) is 4.14. The van der Waals surface area contributed by atoms with Gasteiger partial charge in [0.1, 0.15) is 0 Å². The van der Waals surface area contributed by atoms with Crippen molar-refractivity contribution in [3.8, 4) is 6.07 Å². The van der Waals surface area contributed by atoms with E-state index in [1.165, 1.54) is 0 Å². The van der Waals surface area contributed by atoms with Crippen LogP contribution < -0.4 is 10.6 Å². The van der Waals surface area contributed by atoms with E-state index >= 15 is 0 Å². The molecule has 1 aromatic carbocycles. The Hall–Kier alpha value is -2.10. The molecule has 124 valence electrons. The fraction of sp³-hybridized carbons (Fsp3) is 0.529. The predicted molar refractivity (Wildman–Crippen MR) is 89.1 cm³/mol. The Morgan fingerprint density at radius 1 is 1.35 bits per heavy atom. The van der Waals surface area contributed by atoms with Crippen molar-refractivity contribution < 1.29 is 9.90 Å². The summed E-state index contributed by atoms with van der Waals surface area (Å²) in [5, 5.41) is 23.5. The molecule has 0 radical (unpaired) electrons. The number of nitrogens with zero attached hydrogens (tertiary/aromatic N) is 2. The SMILES string of the molecule is N#Cc1ccc(NC(=O)NCCCCN2CCCC2CO)cc1. The number of carbonyl (C=O) groups is 1. The minimum absolute atomic E-state index is 0.232. The van der Waals surface area contributed by atoms with E-state index in [-0.39, 0.29) is 12.6 Å². The van der Waals surface area contributed by atoms with E-state index in [4.69, 9.17) is 5.26 Å². The van der Waals surface area contributed by atoms with Crippen LogP contribution in [0.2, 0.25) is 0 Å². The molecule has 0 bridgehead atoms. The van der Waals surface area contributed by atoms with Gasteiger partial charge in [-0.15, -0.1) is 0 Å². The molecule has 1 heterocycles. The molecule has 0 aliphatic carbocycles. The van der Waals surface area contributed by atoms with Crippen molar-refractivity contribution in [2.24, 2.45) is 0 Å². The molecule has 2 amide bonds. The minimum atomic E-state index is -0.232. The number of aliphatic hydroxyl groups excluding tert-OH is 1. The highest BCUT2D eigenvalue weighted by Crippen LogP contribution is 2.16. The predicted octanol–water partition coefficient (Wildman–Crippen LogP) is 1.92. The molecule has 1 fully saturated rings. The molecule has 1 saturated heterocycles. The Morgan fingerprint density at radius 3 is 2.83 bits per heavy atom. The lowest BCUT2D eigenvalue weighted by Gasteiger charge is -2.22. The van der Waals surface area contributed by atoms with Crippen molar-refractivity contribution in [1.82, 2.24) is 10.2 Å². The maximum absolute atomic E-state index is 11.8. The quantitative estimate of drug-likeness (QED) is 0.671. The number of benzene rings is 1. The molecule has 0 aromatic heterocycles. The van der Waals surface area contributed by atoms with Crippen molar-refractivity contribution >= 4 is 11.7 Å². The van der Waals surface area contributed by atoms with Crippen molar-refractivity contribution in [3.05, 3.63) is 29.8 Å². The Balaban J connectivity index is 1.58. The second-order valence-corrected chi connectivity index (χ2v) is 5.79. The Morgan fingerprint density at radius 2 is 2.13 bits per heavy atom. The number of hydrogen-bond donors (Lipinski definition) is 3. The monoisotopic (exact) mass is 316 g/mol. The van der Waals surface area contributed by atoms with E-state index in [2.05, 4.69) is 15.5 Å². The first-order valence-corrected chi connectivity index (χ1v) is 8.13. The van der Waals surface area contributed by atoms with Crippen LogP contribution in [0.25, 0.3) is 0 Å². The van der Waals surface area contributed by atoms with Crippen LogP contribution in [0.3, 0.4) is 0 Å². The lowest BCUT2D eigenvalue weighted by Crippen LogP contribution is -2.34. The zero-order valence-corrected chi connectivity index (χ0v) is 13.3. The molecule has 2 rings (SSSR count).